The van der Waals surface area contributed by atoms with Crippen molar-refractivity contribution in [3.63, 3.8) is 0 Å². The van der Waals surface area contributed by atoms with Crippen LogP contribution in [0.1, 0.15) is 53.2 Å². The third-order valence-corrected chi connectivity index (χ3v) is 8.97. The summed E-state index contributed by atoms with van der Waals surface area (Å²) >= 11 is 6.33. The Morgan fingerprint density at radius 3 is 2.45 bits per heavy atom. The highest BCUT2D eigenvalue weighted by Gasteiger charge is 2.33. The van der Waals surface area contributed by atoms with E-state index in [2.05, 4.69) is 20.9 Å². The van der Waals surface area contributed by atoms with Crippen LogP contribution in [0.15, 0.2) is 85.5 Å². The second-order valence-electron chi connectivity index (χ2n) is 9.21. The summed E-state index contributed by atoms with van der Waals surface area (Å²) in [5.74, 6) is -0.191. The highest BCUT2D eigenvalue weighted by atomic mass is 79.9. The van der Waals surface area contributed by atoms with Crippen molar-refractivity contribution in [2.45, 2.75) is 33.4 Å². The summed E-state index contributed by atoms with van der Waals surface area (Å²) in [5, 5.41) is 1.92. The van der Waals surface area contributed by atoms with Crippen LogP contribution < -0.4 is 19.6 Å². The molecule has 4 aromatic rings. The number of thiazole rings is 1. The van der Waals surface area contributed by atoms with Gasteiger partial charge in [0, 0.05) is 4.88 Å². The van der Waals surface area contributed by atoms with Gasteiger partial charge in [-0.05, 0) is 89.6 Å². The molecule has 42 heavy (non-hydrogen) atoms. The Bertz CT molecular complexity index is 1840. The second kappa shape index (κ2) is 13.0. The van der Waals surface area contributed by atoms with Crippen molar-refractivity contribution in [3.05, 3.63) is 117 Å². The topological polar surface area (TPSA) is 96.2 Å². The number of carbonyl (C=O) groups excluding carboxylic acids is 2. The van der Waals surface area contributed by atoms with Crippen LogP contribution >= 0.6 is 38.6 Å². The largest absolute Gasteiger partial charge is 0.488 e. The third kappa shape index (κ3) is 6.18. The number of fused-ring (bicyclic) bond motifs is 1. The highest BCUT2D eigenvalue weighted by molar-refractivity contribution is 9.10. The fraction of sp³-hybridized carbons (Fsp3) is 0.226. The van der Waals surface area contributed by atoms with Crippen LogP contribution in [0, 0.1) is 0 Å². The lowest BCUT2D eigenvalue weighted by molar-refractivity contribution is -0.139. The van der Waals surface area contributed by atoms with Gasteiger partial charge in [-0.15, -0.1) is 11.3 Å². The van der Waals surface area contributed by atoms with Gasteiger partial charge in [0.05, 0.1) is 39.1 Å². The van der Waals surface area contributed by atoms with Crippen LogP contribution in [0.5, 0.6) is 5.75 Å². The molecule has 0 saturated carbocycles. The maximum atomic E-state index is 13.7. The first-order valence-corrected chi connectivity index (χ1v) is 15.7. The lowest BCUT2D eigenvalue weighted by Crippen LogP contribution is -2.39. The highest BCUT2D eigenvalue weighted by Crippen LogP contribution is 2.33. The zero-order valence-corrected chi connectivity index (χ0v) is 26.3. The number of carbonyl (C=O) groups is 2. The molecule has 1 atom stereocenters. The SMILES string of the molecule is CCOC(=O)C1=C(C)N=c2s/c(=C\c3ccc(OCc4ccc(C(=O)OCC)cc4)c(Br)c3)c(=O)n2[C@@H]1c1cccs1. The van der Waals surface area contributed by atoms with Gasteiger partial charge in [0.25, 0.3) is 5.56 Å². The van der Waals surface area contributed by atoms with E-state index >= 15 is 0 Å². The van der Waals surface area contributed by atoms with Crippen LogP contribution in [0.3, 0.4) is 0 Å². The van der Waals surface area contributed by atoms with E-state index in [0.717, 1.165) is 20.5 Å². The second-order valence-corrected chi connectivity index (χ2v) is 12.1. The molecule has 0 N–H and O–H groups in total. The van der Waals surface area contributed by atoms with Gasteiger partial charge in [0.15, 0.2) is 4.80 Å². The number of rotatable bonds is 9. The number of esters is 2. The maximum Gasteiger partial charge on any atom is 0.338 e. The Labute approximate surface area is 258 Å². The van der Waals surface area contributed by atoms with E-state index in [4.69, 9.17) is 14.2 Å². The van der Waals surface area contributed by atoms with Crippen molar-refractivity contribution >= 4 is 56.6 Å². The number of ether oxygens (including phenoxy) is 3. The molecule has 0 unspecified atom stereocenters. The van der Waals surface area contributed by atoms with E-state index in [-0.39, 0.29) is 18.1 Å². The molecule has 0 fully saturated rings. The van der Waals surface area contributed by atoms with E-state index in [0.29, 0.717) is 45.1 Å². The van der Waals surface area contributed by atoms with Crippen LogP contribution in [-0.4, -0.2) is 29.7 Å². The lowest BCUT2D eigenvalue weighted by Gasteiger charge is -2.23. The van der Waals surface area contributed by atoms with Gasteiger partial charge >= 0.3 is 11.9 Å². The molecule has 216 valence electrons. The predicted octanol–water partition coefficient (Wildman–Crippen LogP) is 5.38. The van der Waals surface area contributed by atoms with Crippen molar-refractivity contribution in [3.8, 4) is 5.75 Å². The van der Waals surface area contributed by atoms with Gasteiger partial charge in [-0.1, -0.05) is 35.6 Å². The minimum atomic E-state index is -0.601. The quantitative estimate of drug-likeness (QED) is 0.223. The minimum absolute atomic E-state index is 0.228. The Balaban J connectivity index is 1.40. The van der Waals surface area contributed by atoms with Gasteiger partial charge in [0.2, 0.25) is 0 Å². The molecule has 1 aliphatic rings. The summed E-state index contributed by atoms with van der Waals surface area (Å²) in [6, 6.07) is 15.9. The van der Waals surface area contributed by atoms with Crippen molar-refractivity contribution < 1.29 is 23.8 Å². The molecule has 2 aromatic carbocycles. The Morgan fingerprint density at radius 1 is 1.05 bits per heavy atom. The summed E-state index contributed by atoms with van der Waals surface area (Å²) in [6.07, 6.45) is 1.81. The van der Waals surface area contributed by atoms with Gasteiger partial charge in [0.1, 0.15) is 18.4 Å². The maximum absolute atomic E-state index is 13.7. The van der Waals surface area contributed by atoms with Crippen LogP contribution in [0.2, 0.25) is 0 Å². The normalized spacial score (nSPS) is 14.8. The predicted molar refractivity (Wildman–Crippen MR) is 166 cm³/mol. The summed E-state index contributed by atoms with van der Waals surface area (Å²) in [5.41, 5.74) is 2.88. The number of nitrogens with zero attached hydrogens (tertiary/aromatic N) is 2. The molecule has 0 bridgehead atoms. The Hall–Kier alpha value is -3.80. The number of halogens is 1. The molecule has 2 aromatic heterocycles. The van der Waals surface area contributed by atoms with Gasteiger partial charge in [-0.2, -0.15) is 0 Å². The molecule has 3 heterocycles. The van der Waals surface area contributed by atoms with E-state index in [1.165, 1.54) is 22.7 Å². The first kappa shape index (κ1) is 29.7. The monoisotopic (exact) mass is 666 g/mol. The van der Waals surface area contributed by atoms with E-state index < -0.39 is 12.0 Å². The molecular formula is C31H27BrN2O6S2. The van der Waals surface area contributed by atoms with Crippen LogP contribution in [-0.2, 0) is 20.9 Å². The minimum Gasteiger partial charge on any atom is -0.488 e. The van der Waals surface area contributed by atoms with E-state index in [1.54, 1.807) is 43.5 Å². The Morgan fingerprint density at radius 2 is 1.79 bits per heavy atom. The molecule has 0 saturated heterocycles. The fourth-order valence-corrected chi connectivity index (χ4v) is 6.88. The van der Waals surface area contributed by atoms with Gasteiger partial charge in [-0.3, -0.25) is 9.36 Å². The zero-order chi connectivity index (χ0) is 29.8. The Kier molecular flexibility index (Phi) is 9.20. The molecule has 0 aliphatic carbocycles. The van der Waals surface area contributed by atoms with Crippen molar-refractivity contribution in [1.82, 2.24) is 4.57 Å². The van der Waals surface area contributed by atoms with Crippen LogP contribution in [0.4, 0.5) is 0 Å². The first-order chi connectivity index (χ1) is 20.3. The summed E-state index contributed by atoms with van der Waals surface area (Å²) in [7, 11) is 0. The fourth-order valence-electron chi connectivity index (χ4n) is 4.50. The lowest BCUT2D eigenvalue weighted by atomic mass is 10.0. The number of allylic oxidation sites excluding steroid dienone is 1. The average molecular weight is 668 g/mol. The molecule has 8 nitrogen and oxygen atoms in total. The number of thiophene rings is 1. The van der Waals surface area contributed by atoms with Crippen molar-refractivity contribution in [2.75, 3.05) is 13.2 Å². The van der Waals surface area contributed by atoms with Crippen molar-refractivity contribution in [2.24, 2.45) is 4.99 Å². The summed E-state index contributed by atoms with van der Waals surface area (Å²) < 4.78 is 19.1. The number of aromatic nitrogens is 1. The first-order valence-electron chi connectivity index (χ1n) is 13.2. The smallest absolute Gasteiger partial charge is 0.338 e. The van der Waals surface area contributed by atoms with Gasteiger partial charge in [-0.25, -0.2) is 14.6 Å². The van der Waals surface area contributed by atoms with E-state index in [1.807, 2.05) is 47.8 Å². The molecule has 5 rings (SSSR count). The summed E-state index contributed by atoms with van der Waals surface area (Å²) in [4.78, 5) is 44.5. The molecule has 1 aliphatic heterocycles. The van der Waals surface area contributed by atoms with Gasteiger partial charge < -0.3 is 14.2 Å². The van der Waals surface area contributed by atoms with Crippen LogP contribution in [0.25, 0.3) is 6.08 Å². The van der Waals surface area contributed by atoms with E-state index in [9.17, 15) is 14.4 Å². The summed E-state index contributed by atoms with van der Waals surface area (Å²) in [6.45, 7) is 6.16. The third-order valence-electron chi connectivity index (χ3n) is 6.44. The standard InChI is InChI=1S/C31H27BrN2O6S2/c1-4-38-29(36)21-11-8-19(9-12-21)17-40-23-13-10-20(15-22(23)32)16-25-28(35)34-27(24-7-6-14-41-24)26(30(37)39-5-2)18(3)33-31(34)42-25/h6-16,27H,4-5,17H2,1-3H3/b25-16-/t27-/m1/s1. The average Bonchev–Trinajstić information content (AvgIpc) is 3.61. The number of hydrogen-bond donors (Lipinski definition) is 0. The molecule has 11 heteroatoms. The molecule has 0 spiro atoms. The molecular weight excluding hydrogens is 640 g/mol. The zero-order valence-electron chi connectivity index (χ0n) is 23.1. The molecule has 0 amide bonds. The number of hydrogen-bond acceptors (Lipinski definition) is 9. The number of benzene rings is 2. The molecule has 0 radical (unpaired) electrons. The van der Waals surface area contributed by atoms with Crippen molar-refractivity contribution in [1.29, 1.82) is 0 Å².